The molecule has 0 heterocycles. The van der Waals surface area contributed by atoms with Gasteiger partial charge in [0, 0.05) is 5.88 Å². The highest BCUT2D eigenvalue weighted by Gasteiger charge is 2.39. The van der Waals surface area contributed by atoms with Gasteiger partial charge in [0.25, 0.3) is 0 Å². The lowest BCUT2D eigenvalue weighted by atomic mass is 9.75. The van der Waals surface area contributed by atoms with E-state index in [1.165, 1.54) is 13.5 Å². The molecule has 0 N–H and O–H groups in total. The Hall–Kier alpha value is -0.240. The molecule has 0 amide bonds. The zero-order valence-corrected chi connectivity index (χ0v) is 8.19. The van der Waals surface area contributed by atoms with Crippen molar-refractivity contribution in [2.24, 2.45) is 5.41 Å². The van der Waals surface area contributed by atoms with Crippen LogP contribution in [0.25, 0.3) is 0 Å². The van der Waals surface area contributed by atoms with Crippen molar-refractivity contribution in [3.8, 4) is 0 Å². The molecule has 70 valence electrons. The van der Waals surface area contributed by atoms with E-state index in [4.69, 9.17) is 16.3 Å². The van der Waals surface area contributed by atoms with E-state index in [-0.39, 0.29) is 11.4 Å². The lowest BCUT2D eigenvalue weighted by Crippen LogP contribution is -2.36. The lowest BCUT2D eigenvalue weighted by Gasteiger charge is -2.32. The van der Waals surface area contributed by atoms with Gasteiger partial charge in [-0.25, -0.2) is 0 Å². The number of hydrogen-bond donors (Lipinski definition) is 0. The Bertz CT molecular complexity index is 162. The van der Waals surface area contributed by atoms with Gasteiger partial charge in [-0.3, -0.25) is 4.79 Å². The summed E-state index contributed by atoms with van der Waals surface area (Å²) in [6, 6.07) is 0. The van der Waals surface area contributed by atoms with Crippen LogP contribution in [0.4, 0.5) is 0 Å². The molecule has 0 unspecified atom stereocenters. The van der Waals surface area contributed by atoms with Gasteiger partial charge >= 0.3 is 5.97 Å². The molecule has 0 spiro atoms. The number of alkyl halides is 1. The molecule has 0 aromatic rings. The lowest BCUT2D eigenvalue weighted by molar-refractivity contribution is -0.153. The molecule has 0 aromatic carbocycles. The van der Waals surface area contributed by atoms with Crippen molar-refractivity contribution in [3.63, 3.8) is 0 Å². The summed E-state index contributed by atoms with van der Waals surface area (Å²) in [5.74, 6) is 0.275. The minimum absolute atomic E-state index is 0.128. The van der Waals surface area contributed by atoms with E-state index in [0.29, 0.717) is 5.88 Å². The average molecular weight is 191 g/mol. The van der Waals surface area contributed by atoms with Crippen LogP contribution in [0.3, 0.4) is 0 Å². The fraction of sp³-hybridized carbons (Fsp3) is 0.889. The number of ether oxygens (including phenoxy) is 1. The molecule has 0 radical (unpaired) electrons. The maximum Gasteiger partial charge on any atom is 0.313 e. The first-order valence-corrected chi connectivity index (χ1v) is 4.93. The van der Waals surface area contributed by atoms with E-state index in [9.17, 15) is 4.79 Å². The van der Waals surface area contributed by atoms with E-state index in [2.05, 4.69) is 0 Å². The molecular weight excluding hydrogens is 176 g/mol. The van der Waals surface area contributed by atoms with E-state index >= 15 is 0 Å². The highest BCUT2D eigenvalue weighted by atomic mass is 35.5. The SMILES string of the molecule is COC(=O)C1(CCl)CCCCC1. The molecule has 1 saturated carbocycles. The van der Waals surface area contributed by atoms with Gasteiger partial charge in [0.15, 0.2) is 0 Å². The van der Waals surface area contributed by atoms with E-state index in [1.54, 1.807) is 0 Å². The third-order valence-corrected chi connectivity index (χ3v) is 3.20. The molecule has 0 bridgehead atoms. The first-order chi connectivity index (χ1) is 5.75. The molecule has 3 heteroatoms. The molecule has 1 fully saturated rings. The van der Waals surface area contributed by atoms with Crippen molar-refractivity contribution in [1.29, 1.82) is 0 Å². The largest absolute Gasteiger partial charge is 0.469 e. The van der Waals surface area contributed by atoms with Crippen LogP contribution in [0.2, 0.25) is 0 Å². The summed E-state index contributed by atoms with van der Waals surface area (Å²) in [6.07, 6.45) is 5.20. The zero-order valence-electron chi connectivity index (χ0n) is 7.44. The third-order valence-electron chi connectivity index (χ3n) is 2.68. The van der Waals surface area contributed by atoms with Crippen molar-refractivity contribution < 1.29 is 9.53 Å². The molecule has 2 nitrogen and oxygen atoms in total. The Labute approximate surface area is 78.2 Å². The molecule has 0 atom stereocenters. The second-order valence-corrected chi connectivity index (χ2v) is 3.73. The van der Waals surface area contributed by atoms with Crippen LogP contribution in [-0.2, 0) is 9.53 Å². The molecule has 0 aromatic heterocycles. The zero-order chi connectivity index (χ0) is 9.03. The van der Waals surface area contributed by atoms with Crippen molar-refractivity contribution in [2.75, 3.05) is 13.0 Å². The van der Waals surface area contributed by atoms with Gasteiger partial charge in [0.05, 0.1) is 12.5 Å². The van der Waals surface area contributed by atoms with Crippen LogP contribution in [0.5, 0.6) is 0 Å². The van der Waals surface area contributed by atoms with Crippen LogP contribution >= 0.6 is 11.6 Å². The van der Waals surface area contributed by atoms with Crippen LogP contribution in [-0.4, -0.2) is 19.0 Å². The summed E-state index contributed by atoms with van der Waals surface area (Å²) in [4.78, 5) is 11.4. The predicted octanol–water partition coefficient (Wildman–Crippen LogP) is 2.35. The number of halogens is 1. The second-order valence-electron chi connectivity index (χ2n) is 3.47. The first kappa shape index (κ1) is 9.85. The normalized spacial score (nSPS) is 21.8. The van der Waals surface area contributed by atoms with Crippen molar-refractivity contribution in [2.45, 2.75) is 32.1 Å². The Morgan fingerprint density at radius 3 is 2.42 bits per heavy atom. The Kier molecular flexibility index (Phi) is 3.39. The third kappa shape index (κ3) is 1.74. The van der Waals surface area contributed by atoms with Crippen LogP contribution in [0.1, 0.15) is 32.1 Å². The van der Waals surface area contributed by atoms with Crippen molar-refractivity contribution in [3.05, 3.63) is 0 Å². The van der Waals surface area contributed by atoms with Gasteiger partial charge in [-0.1, -0.05) is 19.3 Å². The molecule has 12 heavy (non-hydrogen) atoms. The minimum atomic E-state index is -0.367. The number of esters is 1. The molecule has 1 aliphatic rings. The van der Waals surface area contributed by atoms with Gasteiger partial charge in [-0.2, -0.15) is 0 Å². The van der Waals surface area contributed by atoms with Gasteiger partial charge in [-0.05, 0) is 12.8 Å². The highest BCUT2D eigenvalue weighted by molar-refractivity contribution is 6.19. The number of carbonyl (C=O) groups excluding carboxylic acids is 1. The van der Waals surface area contributed by atoms with Crippen LogP contribution < -0.4 is 0 Å². The van der Waals surface area contributed by atoms with Gasteiger partial charge < -0.3 is 4.74 Å². The standard InChI is InChI=1S/C9H15ClO2/c1-12-8(11)9(7-10)5-3-2-4-6-9/h2-7H2,1H3. The first-order valence-electron chi connectivity index (χ1n) is 4.39. The quantitative estimate of drug-likeness (QED) is 0.494. The minimum Gasteiger partial charge on any atom is -0.469 e. The molecule has 1 rings (SSSR count). The summed E-state index contributed by atoms with van der Waals surface area (Å²) < 4.78 is 4.76. The Morgan fingerprint density at radius 1 is 1.42 bits per heavy atom. The maximum atomic E-state index is 11.4. The summed E-state index contributed by atoms with van der Waals surface area (Å²) in [7, 11) is 1.44. The monoisotopic (exact) mass is 190 g/mol. The number of hydrogen-bond acceptors (Lipinski definition) is 2. The number of carbonyl (C=O) groups is 1. The highest BCUT2D eigenvalue weighted by Crippen LogP contribution is 2.38. The molecular formula is C9H15ClO2. The van der Waals surface area contributed by atoms with Crippen LogP contribution in [0.15, 0.2) is 0 Å². The predicted molar refractivity (Wildman–Crippen MR) is 48.3 cm³/mol. The Morgan fingerprint density at radius 2 is 2.00 bits per heavy atom. The topological polar surface area (TPSA) is 26.3 Å². The summed E-state index contributed by atoms with van der Waals surface area (Å²) in [5, 5.41) is 0. The average Bonchev–Trinajstić information content (AvgIpc) is 2.17. The smallest absolute Gasteiger partial charge is 0.313 e. The maximum absolute atomic E-state index is 11.4. The van der Waals surface area contributed by atoms with E-state index in [1.807, 2.05) is 0 Å². The molecule has 1 aliphatic carbocycles. The number of rotatable bonds is 2. The van der Waals surface area contributed by atoms with Crippen molar-refractivity contribution >= 4 is 17.6 Å². The van der Waals surface area contributed by atoms with Gasteiger partial charge in [0.1, 0.15) is 0 Å². The number of methoxy groups -OCH3 is 1. The van der Waals surface area contributed by atoms with E-state index in [0.717, 1.165) is 25.7 Å². The molecule has 0 saturated heterocycles. The summed E-state index contributed by atoms with van der Waals surface area (Å²) in [6.45, 7) is 0. The molecule has 0 aliphatic heterocycles. The van der Waals surface area contributed by atoms with E-state index < -0.39 is 0 Å². The van der Waals surface area contributed by atoms with Gasteiger partial charge in [-0.15, -0.1) is 11.6 Å². The van der Waals surface area contributed by atoms with Crippen LogP contribution in [0, 0.1) is 5.41 Å². The van der Waals surface area contributed by atoms with Crippen molar-refractivity contribution in [1.82, 2.24) is 0 Å². The Balaban J connectivity index is 2.66. The van der Waals surface area contributed by atoms with Gasteiger partial charge in [0.2, 0.25) is 0 Å². The summed E-state index contributed by atoms with van der Waals surface area (Å²) in [5.41, 5.74) is -0.367. The fourth-order valence-corrected chi connectivity index (χ4v) is 2.21. The summed E-state index contributed by atoms with van der Waals surface area (Å²) >= 11 is 5.81. The second kappa shape index (κ2) is 4.13. The fourth-order valence-electron chi connectivity index (χ4n) is 1.84.